The molecule has 0 fully saturated rings. The first kappa shape index (κ1) is 16.9. The summed E-state index contributed by atoms with van der Waals surface area (Å²) < 4.78 is 10.9. The fourth-order valence-corrected chi connectivity index (χ4v) is 1.24. The predicted molar refractivity (Wildman–Crippen MR) is 76.5 cm³/mol. The van der Waals surface area contributed by atoms with Crippen LogP contribution in [0.1, 0.15) is 27.7 Å². The molecule has 1 amide bonds. The third-order valence-corrected chi connectivity index (χ3v) is 3.47. The highest BCUT2D eigenvalue weighted by Crippen LogP contribution is 2.07. The van der Waals surface area contributed by atoms with Crippen LogP contribution in [0, 0.1) is 0 Å². The second-order valence-corrected chi connectivity index (χ2v) is 6.04. The summed E-state index contributed by atoms with van der Waals surface area (Å²) in [6, 6.07) is 0. The number of alkyl halides is 1. The fourth-order valence-electron chi connectivity index (χ4n) is 1.03. The molecule has 2 atom stereocenters. The number of hydrogen-bond acceptors (Lipinski definition) is 4. The normalized spacial score (nSPS) is 15.2. The average molecular weight is 358 g/mol. The Morgan fingerprint density at radius 2 is 2.00 bits per heavy atom. The van der Waals surface area contributed by atoms with Gasteiger partial charge in [-0.05, 0) is 34.7 Å². The second kappa shape index (κ2) is 8.10. The number of nitrogens with one attached hydrogen (secondary N) is 2. The summed E-state index contributed by atoms with van der Waals surface area (Å²) in [5.41, 5.74) is -0.461. The van der Waals surface area contributed by atoms with Crippen molar-refractivity contribution in [3.05, 3.63) is 0 Å². The van der Waals surface area contributed by atoms with E-state index in [0.29, 0.717) is 13.2 Å². The van der Waals surface area contributed by atoms with Gasteiger partial charge in [-0.15, -0.1) is 0 Å². The first-order valence-corrected chi connectivity index (χ1v) is 6.90. The van der Waals surface area contributed by atoms with E-state index in [4.69, 9.17) is 9.47 Å². The van der Waals surface area contributed by atoms with Crippen molar-refractivity contribution < 1.29 is 14.3 Å². The van der Waals surface area contributed by atoms with Crippen molar-refractivity contribution in [2.45, 2.75) is 43.4 Å². The molecule has 6 heteroatoms. The van der Waals surface area contributed by atoms with Crippen LogP contribution in [0.2, 0.25) is 0 Å². The fraction of sp³-hybridized carbons (Fsp3) is 0.909. The van der Waals surface area contributed by atoms with E-state index in [-0.39, 0.29) is 10.2 Å². The number of alkyl carbamates (subject to hydrolysis) is 1. The minimum atomic E-state index is -0.461. The molecule has 0 radical (unpaired) electrons. The topological polar surface area (TPSA) is 59.6 Å². The standard InChI is InChI=1S/C11H23IN2O3/c1-8(9(12)13-5)16-7-6-14-10(15)17-11(2,3)4/h8-9,13H,6-7H2,1-5H3,(H,14,15)/t8-,9?/m0/s1. The van der Waals surface area contributed by atoms with Gasteiger partial charge < -0.3 is 20.1 Å². The zero-order valence-corrected chi connectivity index (χ0v) is 13.3. The summed E-state index contributed by atoms with van der Waals surface area (Å²) in [7, 11) is 1.88. The summed E-state index contributed by atoms with van der Waals surface area (Å²) in [4.78, 5) is 11.3. The second-order valence-electron chi connectivity index (χ2n) is 4.70. The molecule has 0 aliphatic rings. The lowest BCUT2D eigenvalue weighted by Crippen LogP contribution is -2.36. The van der Waals surface area contributed by atoms with E-state index in [9.17, 15) is 4.79 Å². The maximum Gasteiger partial charge on any atom is 0.407 e. The van der Waals surface area contributed by atoms with Crippen molar-refractivity contribution in [2.24, 2.45) is 0 Å². The number of carbonyl (C=O) groups excluding carboxylic acids is 1. The molecule has 0 saturated heterocycles. The van der Waals surface area contributed by atoms with Gasteiger partial charge in [0.25, 0.3) is 0 Å². The molecule has 0 aromatic rings. The highest BCUT2D eigenvalue weighted by Gasteiger charge is 2.16. The number of ether oxygens (including phenoxy) is 2. The van der Waals surface area contributed by atoms with Crippen LogP contribution in [0.15, 0.2) is 0 Å². The minimum Gasteiger partial charge on any atom is -0.444 e. The molecule has 2 N–H and O–H groups in total. The zero-order valence-electron chi connectivity index (χ0n) is 11.2. The lowest BCUT2D eigenvalue weighted by Gasteiger charge is -2.21. The van der Waals surface area contributed by atoms with Crippen LogP contribution in [0.4, 0.5) is 4.79 Å². The Bertz CT molecular complexity index is 231. The van der Waals surface area contributed by atoms with Gasteiger partial charge in [-0.2, -0.15) is 0 Å². The third-order valence-electron chi connectivity index (χ3n) is 1.84. The zero-order chi connectivity index (χ0) is 13.5. The molecule has 5 nitrogen and oxygen atoms in total. The van der Waals surface area contributed by atoms with Crippen LogP contribution in [-0.4, -0.2) is 42.0 Å². The lowest BCUT2D eigenvalue weighted by atomic mass is 10.2. The molecule has 1 unspecified atom stereocenters. The number of halogens is 1. The van der Waals surface area contributed by atoms with Crippen LogP contribution in [0.25, 0.3) is 0 Å². The van der Waals surface area contributed by atoms with E-state index in [1.54, 1.807) is 0 Å². The van der Waals surface area contributed by atoms with Gasteiger partial charge in [0, 0.05) is 6.54 Å². The molecule has 0 aliphatic carbocycles. The first-order valence-electron chi connectivity index (χ1n) is 5.66. The van der Waals surface area contributed by atoms with Gasteiger partial charge in [-0.25, -0.2) is 4.79 Å². The Morgan fingerprint density at radius 3 is 2.47 bits per heavy atom. The van der Waals surface area contributed by atoms with Crippen LogP contribution in [0.5, 0.6) is 0 Å². The number of hydrogen-bond donors (Lipinski definition) is 2. The average Bonchev–Trinajstić information content (AvgIpc) is 2.20. The molecule has 0 rings (SSSR count). The van der Waals surface area contributed by atoms with E-state index in [2.05, 4.69) is 33.2 Å². The Labute approximate surface area is 117 Å². The molecule has 0 aromatic carbocycles. The highest BCUT2D eigenvalue weighted by molar-refractivity contribution is 14.1. The highest BCUT2D eigenvalue weighted by atomic mass is 127. The molecule has 0 bridgehead atoms. The van der Waals surface area contributed by atoms with Gasteiger partial charge in [-0.3, -0.25) is 0 Å². The lowest BCUT2D eigenvalue weighted by molar-refractivity contribution is 0.0427. The number of likely N-dealkylation sites (N-methyl/N-ethyl adjacent to an activating group) is 1. The molecule has 0 aliphatic heterocycles. The molecule has 0 heterocycles. The molecular formula is C11H23IN2O3. The minimum absolute atomic E-state index is 0.0982. The summed E-state index contributed by atoms with van der Waals surface area (Å²) in [5, 5.41) is 5.74. The first-order chi connectivity index (χ1) is 7.76. The van der Waals surface area contributed by atoms with Gasteiger partial charge in [0.1, 0.15) is 5.60 Å². The Morgan fingerprint density at radius 1 is 1.41 bits per heavy atom. The van der Waals surface area contributed by atoms with Crippen molar-refractivity contribution >= 4 is 28.7 Å². The van der Waals surface area contributed by atoms with Gasteiger partial charge in [0.15, 0.2) is 0 Å². The summed E-state index contributed by atoms with van der Waals surface area (Å²) in [5.74, 6) is 0. The molecule has 0 spiro atoms. The monoisotopic (exact) mass is 358 g/mol. The van der Waals surface area contributed by atoms with Crippen LogP contribution >= 0.6 is 22.6 Å². The number of amides is 1. The summed E-state index contributed by atoms with van der Waals surface area (Å²) in [6.07, 6.45) is -0.311. The van der Waals surface area contributed by atoms with Crippen LogP contribution in [0.3, 0.4) is 0 Å². The van der Waals surface area contributed by atoms with E-state index in [1.165, 1.54) is 0 Å². The van der Waals surface area contributed by atoms with Gasteiger partial charge in [0.2, 0.25) is 0 Å². The molecule has 0 aromatic heterocycles. The van der Waals surface area contributed by atoms with Gasteiger partial charge >= 0.3 is 6.09 Å². The van der Waals surface area contributed by atoms with E-state index in [1.807, 2.05) is 34.7 Å². The number of rotatable bonds is 6. The van der Waals surface area contributed by atoms with Crippen molar-refractivity contribution in [1.82, 2.24) is 10.6 Å². The number of carbonyl (C=O) groups is 1. The predicted octanol–water partition coefficient (Wildman–Crippen LogP) is 1.90. The largest absolute Gasteiger partial charge is 0.444 e. The van der Waals surface area contributed by atoms with E-state index < -0.39 is 11.7 Å². The van der Waals surface area contributed by atoms with Gasteiger partial charge in [0.05, 0.1) is 16.8 Å². The van der Waals surface area contributed by atoms with Crippen molar-refractivity contribution in [2.75, 3.05) is 20.2 Å². The summed E-state index contributed by atoms with van der Waals surface area (Å²) in [6.45, 7) is 8.41. The maximum absolute atomic E-state index is 11.3. The molecule has 102 valence electrons. The van der Waals surface area contributed by atoms with Crippen LogP contribution in [-0.2, 0) is 9.47 Å². The van der Waals surface area contributed by atoms with E-state index in [0.717, 1.165) is 0 Å². The third kappa shape index (κ3) is 9.61. The van der Waals surface area contributed by atoms with Crippen molar-refractivity contribution in [1.29, 1.82) is 0 Å². The molecule has 0 saturated carbocycles. The maximum atomic E-state index is 11.3. The van der Waals surface area contributed by atoms with Gasteiger partial charge in [-0.1, -0.05) is 22.6 Å². The SMILES string of the molecule is CNC(I)[C@H](C)OCCNC(=O)OC(C)(C)C. The quantitative estimate of drug-likeness (QED) is 0.330. The molecular weight excluding hydrogens is 335 g/mol. The van der Waals surface area contributed by atoms with Crippen molar-refractivity contribution in [3.8, 4) is 0 Å². The van der Waals surface area contributed by atoms with Crippen molar-refractivity contribution in [3.63, 3.8) is 0 Å². The Hall–Kier alpha value is -0.0800. The molecule has 17 heavy (non-hydrogen) atoms. The van der Waals surface area contributed by atoms with E-state index >= 15 is 0 Å². The Kier molecular flexibility index (Phi) is 8.06. The summed E-state index contributed by atoms with van der Waals surface area (Å²) >= 11 is 2.27. The smallest absolute Gasteiger partial charge is 0.407 e. The Balaban J connectivity index is 3.61. The van der Waals surface area contributed by atoms with Crippen LogP contribution < -0.4 is 10.6 Å².